The standard InChI is InChI=1S/C31H37NO12.ClH/c1-14-26(35)17(32-6-8-42-9-7-32)10-21(43-14)44-19-12-31(40,20(34)13-33)11-16-23(19)30(39)25-24(28(16)37)27(36)15-4-3-5-18(41-2)22(15)29(25)38;/h3-5,14,17,19-21,26,33-35,37,39-40H,6-13H2,1-2H3;1H/t14?,17?,19-,20?,21?,26?,31-;/m1./s1. The number of aliphatic hydroxyl groups excluding tert-OH is 3. The molecule has 0 bridgehead atoms. The molecule has 246 valence electrons. The molecule has 0 saturated carbocycles. The van der Waals surface area contributed by atoms with Crippen molar-refractivity contribution in [2.24, 2.45) is 0 Å². The van der Waals surface area contributed by atoms with Crippen LogP contribution in [0.2, 0.25) is 0 Å². The van der Waals surface area contributed by atoms with E-state index in [1.54, 1.807) is 6.92 Å². The molecule has 0 aromatic heterocycles. The quantitative estimate of drug-likeness (QED) is 0.203. The van der Waals surface area contributed by atoms with E-state index in [4.69, 9.17) is 18.9 Å². The molecule has 0 radical (unpaired) electrons. The molecule has 14 heteroatoms. The van der Waals surface area contributed by atoms with Gasteiger partial charge in [-0.1, -0.05) is 12.1 Å². The third-order valence-electron chi connectivity index (χ3n) is 9.40. The number of benzene rings is 2. The second kappa shape index (κ2) is 12.7. The highest BCUT2D eigenvalue weighted by Gasteiger charge is 2.50. The third-order valence-corrected chi connectivity index (χ3v) is 9.40. The van der Waals surface area contributed by atoms with Gasteiger partial charge in [0.1, 0.15) is 23.4 Å². The third kappa shape index (κ3) is 5.49. The number of carbonyl (C=O) groups excluding carboxylic acids is 2. The Bertz CT molecular complexity index is 1480. The van der Waals surface area contributed by atoms with E-state index in [1.807, 2.05) is 0 Å². The Labute approximate surface area is 265 Å². The number of methoxy groups -OCH3 is 1. The summed E-state index contributed by atoms with van der Waals surface area (Å²) in [5.74, 6) is -2.60. The van der Waals surface area contributed by atoms with Crippen molar-refractivity contribution in [1.82, 2.24) is 4.90 Å². The van der Waals surface area contributed by atoms with Crippen LogP contribution in [0, 0.1) is 0 Å². The fourth-order valence-corrected chi connectivity index (χ4v) is 7.06. The van der Waals surface area contributed by atoms with Crippen LogP contribution < -0.4 is 4.74 Å². The SMILES string of the molecule is COc1cccc2c1C(=O)c1c(O)c3c(c(O)c1C2=O)C[C@](O)(C(O)CO)C[C@H]3OC1CC(N2CCOCC2)C(O)C(C)O1.Cl. The molecule has 2 aromatic rings. The van der Waals surface area contributed by atoms with Gasteiger partial charge in [0, 0.05) is 55.1 Å². The Balaban J connectivity index is 0.00000400. The van der Waals surface area contributed by atoms with Crippen LogP contribution >= 0.6 is 12.4 Å². The molecule has 2 saturated heterocycles. The first-order valence-electron chi connectivity index (χ1n) is 14.7. The number of rotatable bonds is 6. The lowest BCUT2D eigenvalue weighted by Gasteiger charge is -2.46. The van der Waals surface area contributed by atoms with Gasteiger partial charge in [-0.05, 0) is 13.0 Å². The van der Waals surface area contributed by atoms with Crippen LogP contribution in [-0.4, -0.2) is 123 Å². The molecule has 0 amide bonds. The summed E-state index contributed by atoms with van der Waals surface area (Å²) in [5.41, 5.74) is -3.14. The predicted octanol–water partition coefficient (Wildman–Crippen LogP) is 0.588. The van der Waals surface area contributed by atoms with E-state index in [2.05, 4.69) is 4.90 Å². The number of morpholine rings is 1. The summed E-state index contributed by atoms with van der Waals surface area (Å²) in [6.07, 6.45) is -5.99. The zero-order valence-electron chi connectivity index (χ0n) is 24.8. The lowest BCUT2D eigenvalue weighted by molar-refractivity contribution is -0.263. The smallest absolute Gasteiger partial charge is 0.202 e. The van der Waals surface area contributed by atoms with E-state index in [0.717, 1.165) is 0 Å². The first kappa shape index (κ1) is 33.5. The second-order valence-corrected chi connectivity index (χ2v) is 11.9. The van der Waals surface area contributed by atoms with Crippen molar-refractivity contribution in [3.8, 4) is 17.2 Å². The van der Waals surface area contributed by atoms with Crippen LogP contribution in [0.1, 0.15) is 68.8 Å². The number of nitrogens with zero attached hydrogens (tertiary/aromatic N) is 1. The summed E-state index contributed by atoms with van der Waals surface area (Å²) in [7, 11) is 1.34. The van der Waals surface area contributed by atoms with Crippen molar-refractivity contribution in [2.75, 3.05) is 40.0 Å². The summed E-state index contributed by atoms with van der Waals surface area (Å²) in [5, 5.41) is 66.1. The number of aromatic hydroxyl groups is 2. The molecule has 2 aliphatic carbocycles. The molecule has 45 heavy (non-hydrogen) atoms. The van der Waals surface area contributed by atoms with Crippen molar-refractivity contribution in [1.29, 1.82) is 0 Å². The zero-order chi connectivity index (χ0) is 31.5. The molecule has 0 spiro atoms. The average molecular weight is 652 g/mol. The Hall–Kier alpha value is -2.85. The first-order chi connectivity index (χ1) is 21.0. The van der Waals surface area contributed by atoms with Gasteiger partial charge >= 0.3 is 0 Å². The number of fused-ring (bicyclic) bond motifs is 3. The van der Waals surface area contributed by atoms with Crippen molar-refractivity contribution < 1.29 is 59.2 Å². The molecule has 5 unspecified atom stereocenters. The minimum atomic E-state index is -2.04. The van der Waals surface area contributed by atoms with E-state index < -0.39 is 83.5 Å². The van der Waals surface area contributed by atoms with Crippen LogP contribution in [0.3, 0.4) is 0 Å². The number of aliphatic hydroxyl groups is 4. The average Bonchev–Trinajstić information content (AvgIpc) is 3.02. The molecular formula is C31H38ClNO12. The lowest BCUT2D eigenvalue weighted by atomic mass is 9.71. The van der Waals surface area contributed by atoms with Gasteiger partial charge in [0.25, 0.3) is 0 Å². The van der Waals surface area contributed by atoms with E-state index in [-0.39, 0.29) is 59.3 Å². The number of phenols is 2. The maximum atomic E-state index is 13.8. The number of halogens is 1. The van der Waals surface area contributed by atoms with Crippen LogP contribution in [0.4, 0.5) is 0 Å². The van der Waals surface area contributed by atoms with Crippen molar-refractivity contribution >= 4 is 24.0 Å². The fourth-order valence-electron chi connectivity index (χ4n) is 7.06. The van der Waals surface area contributed by atoms with E-state index in [0.29, 0.717) is 26.3 Å². The van der Waals surface area contributed by atoms with E-state index in [1.165, 1.54) is 25.3 Å². The van der Waals surface area contributed by atoms with Crippen LogP contribution in [0.5, 0.6) is 17.2 Å². The number of ether oxygens (including phenoxy) is 4. The molecule has 2 aliphatic heterocycles. The fraction of sp³-hybridized carbons (Fsp3) is 0.548. The number of phenolic OH excluding ortho intramolecular Hbond substituents is 2. The number of hydrogen-bond acceptors (Lipinski definition) is 13. The molecule has 2 fully saturated rings. The number of carbonyl (C=O) groups is 2. The molecule has 13 nitrogen and oxygen atoms in total. The van der Waals surface area contributed by atoms with Crippen molar-refractivity contribution in [3.63, 3.8) is 0 Å². The summed E-state index contributed by atoms with van der Waals surface area (Å²) in [6.45, 7) is 3.08. The van der Waals surface area contributed by atoms with Crippen molar-refractivity contribution in [2.45, 2.75) is 68.5 Å². The molecule has 6 rings (SSSR count). The molecule has 7 atom stereocenters. The molecule has 4 aliphatic rings. The van der Waals surface area contributed by atoms with Gasteiger partial charge in [-0.15, -0.1) is 12.4 Å². The Morgan fingerprint density at radius 1 is 1.09 bits per heavy atom. The van der Waals surface area contributed by atoms with E-state index >= 15 is 0 Å². The molecular weight excluding hydrogens is 614 g/mol. The van der Waals surface area contributed by atoms with Crippen molar-refractivity contribution in [3.05, 3.63) is 51.6 Å². The highest BCUT2D eigenvalue weighted by atomic mass is 35.5. The topological polar surface area (TPSA) is 196 Å². The molecule has 6 N–H and O–H groups in total. The summed E-state index contributed by atoms with van der Waals surface area (Å²) >= 11 is 0. The van der Waals surface area contributed by atoms with Crippen LogP contribution in [-0.2, 0) is 20.6 Å². The summed E-state index contributed by atoms with van der Waals surface area (Å²) < 4.78 is 23.1. The van der Waals surface area contributed by atoms with Gasteiger partial charge in [-0.2, -0.15) is 0 Å². The zero-order valence-corrected chi connectivity index (χ0v) is 25.7. The lowest BCUT2D eigenvalue weighted by Crippen LogP contribution is -2.58. The minimum absolute atomic E-state index is 0. The van der Waals surface area contributed by atoms with Gasteiger partial charge in [-0.25, -0.2) is 0 Å². The second-order valence-electron chi connectivity index (χ2n) is 11.9. The Morgan fingerprint density at radius 2 is 1.78 bits per heavy atom. The van der Waals surface area contributed by atoms with Gasteiger partial charge in [0.05, 0.1) is 67.5 Å². The summed E-state index contributed by atoms with van der Waals surface area (Å²) in [6, 6.07) is 4.09. The summed E-state index contributed by atoms with van der Waals surface area (Å²) in [4.78, 5) is 29.6. The largest absolute Gasteiger partial charge is 0.507 e. The van der Waals surface area contributed by atoms with Crippen LogP contribution in [0.25, 0.3) is 0 Å². The maximum absolute atomic E-state index is 13.8. The predicted molar refractivity (Wildman–Crippen MR) is 158 cm³/mol. The first-order valence-corrected chi connectivity index (χ1v) is 14.7. The Kier molecular flexibility index (Phi) is 9.49. The highest BCUT2D eigenvalue weighted by Crippen LogP contribution is 2.53. The maximum Gasteiger partial charge on any atom is 0.202 e. The number of ketones is 2. The van der Waals surface area contributed by atoms with Crippen LogP contribution in [0.15, 0.2) is 18.2 Å². The van der Waals surface area contributed by atoms with E-state index in [9.17, 15) is 40.2 Å². The molecule has 2 aromatic carbocycles. The van der Waals surface area contributed by atoms with Gasteiger partial charge in [0.15, 0.2) is 12.1 Å². The normalized spacial score (nSPS) is 30.5. The van der Waals surface area contributed by atoms with Gasteiger partial charge in [-0.3, -0.25) is 14.5 Å². The minimum Gasteiger partial charge on any atom is -0.507 e. The monoisotopic (exact) mass is 651 g/mol. The van der Waals surface area contributed by atoms with Gasteiger partial charge in [0.2, 0.25) is 5.78 Å². The molecule has 2 heterocycles. The Morgan fingerprint density at radius 3 is 2.44 bits per heavy atom. The highest BCUT2D eigenvalue weighted by molar-refractivity contribution is 6.31. The van der Waals surface area contributed by atoms with Gasteiger partial charge < -0.3 is 49.6 Å². The number of hydrogen-bond donors (Lipinski definition) is 6.